The lowest BCUT2D eigenvalue weighted by atomic mass is 10.1. The van der Waals surface area contributed by atoms with Crippen molar-refractivity contribution in [3.63, 3.8) is 0 Å². The Hall–Kier alpha value is -2.25. The maximum Gasteiger partial charge on any atom is 0.242 e. The van der Waals surface area contributed by atoms with E-state index in [1.165, 1.54) is 0 Å². The van der Waals surface area contributed by atoms with Crippen molar-refractivity contribution in [3.8, 4) is 10.7 Å². The van der Waals surface area contributed by atoms with Gasteiger partial charge >= 0.3 is 0 Å². The highest BCUT2D eigenvalue weighted by Gasteiger charge is 2.20. The molecule has 0 unspecified atom stereocenters. The van der Waals surface area contributed by atoms with E-state index in [1.54, 1.807) is 20.8 Å². The second kappa shape index (κ2) is 7.11. The summed E-state index contributed by atoms with van der Waals surface area (Å²) in [6.07, 6.45) is 0. The van der Waals surface area contributed by atoms with E-state index < -0.39 is 0 Å². The van der Waals surface area contributed by atoms with Crippen LogP contribution in [0.1, 0.15) is 18.5 Å². The lowest BCUT2D eigenvalue weighted by Gasteiger charge is -2.25. The number of aromatic amines is 1. The second-order valence-corrected chi connectivity index (χ2v) is 6.84. The average molecular weight is 358 g/mol. The van der Waals surface area contributed by atoms with E-state index >= 15 is 0 Å². The zero-order valence-electron chi connectivity index (χ0n) is 13.5. The molecule has 0 fully saturated rings. The van der Waals surface area contributed by atoms with Crippen LogP contribution < -0.4 is 0 Å². The van der Waals surface area contributed by atoms with Crippen LogP contribution in [0.2, 0.25) is 0 Å². The summed E-state index contributed by atoms with van der Waals surface area (Å²) in [5.74, 6) is 0.686. The van der Waals surface area contributed by atoms with Gasteiger partial charge in [0.2, 0.25) is 5.91 Å². The Morgan fingerprint density at radius 2 is 2.08 bits per heavy atom. The molecule has 1 atom stereocenters. The summed E-state index contributed by atoms with van der Waals surface area (Å²) in [7, 11) is 1.81. The molecule has 2 heterocycles. The highest BCUT2D eigenvalue weighted by Crippen LogP contribution is 2.24. The summed E-state index contributed by atoms with van der Waals surface area (Å²) in [6, 6.07) is 13.9. The average Bonchev–Trinajstić information content (AvgIpc) is 3.25. The quantitative estimate of drug-likeness (QED) is 0.704. The van der Waals surface area contributed by atoms with Crippen molar-refractivity contribution >= 4 is 29.5 Å². The Balaban J connectivity index is 1.80. The fraction of sp³-hybridized carbons (Fsp3) is 0.235. The van der Waals surface area contributed by atoms with Gasteiger partial charge in [-0.15, -0.1) is 11.3 Å². The summed E-state index contributed by atoms with van der Waals surface area (Å²) in [5.41, 5.74) is 1.10. The minimum Gasteiger partial charge on any atom is -0.337 e. The van der Waals surface area contributed by atoms with E-state index in [9.17, 15) is 4.79 Å². The Bertz CT molecular complexity index is 868. The normalized spacial score (nSPS) is 12.1. The second-order valence-electron chi connectivity index (χ2n) is 5.51. The molecular weight excluding hydrogens is 340 g/mol. The molecule has 124 valence electrons. The zero-order chi connectivity index (χ0) is 17.1. The van der Waals surface area contributed by atoms with Crippen LogP contribution in [-0.4, -0.2) is 32.6 Å². The Morgan fingerprint density at radius 3 is 2.75 bits per heavy atom. The van der Waals surface area contributed by atoms with E-state index in [2.05, 4.69) is 10.2 Å². The monoisotopic (exact) mass is 358 g/mol. The molecule has 0 aliphatic carbocycles. The first-order valence-electron chi connectivity index (χ1n) is 7.57. The van der Waals surface area contributed by atoms with Gasteiger partial charge in [-0.2, -0.15) is 5.10 Å². The highest BCUT2D eigenvalue weighted by atomic mass is 32.1. The maximum atomic E-state index is 12.7. The van der Waals surface area contributed by atoms with Crippen molar-refractivity contribution in [1.29, 1.82) is 0 Å². The van der Waals surface area contributed by atoms with Crippen molar-refractivity contribution in [2.75, 3.05) is 7.05 Å². The van der Waals surface area contributed by atoms with Crippen LogP contribution in [0.15, 0.2) is 47.8 Å². The number of amides is 1. The topological polar surface area (TPSA) is 53.9 Å². The van der Waals surface area contributed by atoms with Crippen molar-refractivity contribution in [3.05, 3.63) is 58.2 Å². The number of nitrogens with one attached hydrogen (secondary N) is 1. The third-order valence-electron chi connectivity index (χ3n) is 4.05. The molecule has 0 radical (unpaired) electrons. The SMILES string of the molecule is C[C@@H](c1ccccc1)N(C)C(=O)Cn1c(-c2cccs2)n[nH]c1=S. The Morgan fingerprint density at radius 1 is 1.33 bits per heavy atom. The molecule has 0 saturated carbocycles. The zero-order valence-corrected chi connectivity index (χ0v) is 15.1. The van der Waals surface area contributed by atoms with Gasteiger partial charge < -0.3 is 4.90 Å². The first-order chi connectivity index (χ1) is 11.6. The minimum absolute atomic E-state index is 0.00930. The molecule has 7 heteroatoms. The molecule has 0 aliphatic heterocycles. The van der Waals surface area contributed by atoms with Gasteiger partial charge in [0.05, 0.1) is 10.9 Å². The third-order valence-corrected chi connectivity index (χ3v) is 5.23. The first-order valence-corrected chi connectivity index (χ1v) is 8.86. The number of aromatic nitrogens is 3. The van der Waals surface area contributed by atoms with Gasteiger partial charge in [0.15, 0.2) is 10.6 Å². The standard InChI is InChI=1S/C17H18N4OS2/c1-12(13-7-4-3-5-8-13)20(2)15(22)11-21-16(18-19-17(21)23)14-9-6-10-24-14/h3-10,12H,11H2,1-2H3,(H,19,23)/t12-/m0/s1. The number of hydrogen-bond acceptors (Lipinski definition) is 4. The summed E-state index contributed by atoms with van der Waals surface area (Å²) in [5, 5.41) is 9.02. The fourth-order valence-electron chi connectivity index (χ4n) is 2.48. The molecule has 0 saturated heterocycles. The lowest BCUT2D eigenvalue weighted by Crippen LogP contribution is -2.32. The number of benzene rings is 1. The Kier molecular flexibility index (Phi) is 4.92. The molecule has 1 aromatic carbocycles. The third kappa shape index (κ3) is 3.32. The van der Waals surface area contributed by atoms with E-state index in [1.807, 2.05) is 61.8 Å². The molecular formula is C17H18N4OS2. The minimum atomic E-state index is -0.0124. The maximum absolute atomic E-state index is 12.7. The smallest absolute Gasteiger partial charge is 0.242 e. The fourth-order valence-corrected chi connectivity index (χ4v) is 3.39. The highest BCUT2D eigenvalue weighted by molar-refractivity contribution is 7.71. The number of carbonyl (C=O) groups excluding carboxylic acids is 1. The molecule has 0 bridgehead atoms. The van der Waals surface area contributed by atoms with Crippen LogP contribution in [0.5, 0.6) is 0 Å². The number of carbonyl (C=O) groups is 1. The first kappa shape index (κ1) is 16.6. The van der Waals surface area contributed by atoms with E-state index in [-0.39, 0.29) is 18.5 Å². The Labute approximate surface area is 149 Å². The van der Waals surface area contributed by atoms with Gasteiger partial charge in [-0.1, -0.05) is 36.4 Å². The molecule has 0 spiro atoms. The number of nitrogens with zero attached hydrogens (tertiary/aromatic N) is 3. The summed E-state index contributed by atoms with van der Waals surface area (Å²) in [4.78, 5) is 15.4. The molecule has 3 rings (SSSR count). The molecule has 0 aliphatic rings. The molecule has 24 heavy (non-hydrogen) atoms. The molecule has 1 N–H and O–H groups in total. The summed E-state index contributed by atoms with van der Waals surface area (Å²) in [6.45, 7) is 2.18. The summed E-state index contributed by atoms with van der Waals surface area (Å²) >= 11 is 6.86. The van der Waals surface area contributed by atoms with E-state index in [0.29, 0.717) is 10.6 Å². The van der Waals surface area contributed by atoms with Crippen LogP contribution in [-0.2, 0) is 11.3 Å². The molecule has 5 nitrogen and oxygen atoms in total. The van der Waals surface area contributed by atoms with Crippen LogP contribution in [0, 0.1) is 4.77 Å². The number of H-pyrrole nitrogens is 1. The lowest BCUT2D eigenvalue weighted by molar-refractivity contribution is -0.132. The van der Waals surface area contributed by atoms with Crippen LogP contribution in [0.3, 0.4) is 0 Å². The van der Waals surface area contributed by atoms with Crippen LogP contribution >= 0.6 is 23.6 Å². The van der Waals surface area contributed by atoms with Crippen molar-refractivity contribution in [1.82, 2.24) is 19.7 Å². The van der Waals surface area contributed by atoms with Gasteiger partial charge in [0.1, 0.15) is 6.54 Å². The van der Waals surface area contributed by atoms with Gasteiger partial charge in [-0.3, -0.25) is 14.5 Å². The van der Waals surface area contributed by atoms with Gasteiger partial charge in [0, 0.05) is 7.05 Å². The molecule has 2 aromatic heterocycles. The number of rotatable bonds is 5. The predicted molar refractivity (Wildman–Crippen MR) is 98.4 cm³/mol. The van der Waals surface area contributed by atoms with Crippen LogP contribution in [0.25, 0.3) is 10.7 Å². The largest absolute Gasteiger partial charge is 0.337 e. The summed E-state index contributed by atoms with van der Waals surface area (Å²) < 4.78 is 2.20. The number of thiophene rings is 1. The van der Waals surface area contributed by atoms with Gasteiger partial charge in [-0.05, 0) is 36.2 Å². The van der Waals surface area contributed by atoms with Crippen molar-refractivity contribution in [2.24, 2.45) is 0 Å². The van der Waals surface area contributed by atoms with Gasteiger partial charge in [-0.25, -0.2) is 0 Å². The van der Waals surface area contributed by atoms with Crippen molar-refractivity contribution < 1.29 is 4.79 Å². The number of likely N-dealkylation sites (N-methyl/N-ethyl adjacent to an activating group) is 1. The van der Waals surface area contributed by atoms with E-state index in [0.717, 1.165) is 10.4 Å². The van der Waals surface area contributed by atoms with Crippen molar-refractivity contribution in [2.45, 2.75) is 19.5 Å². The predicted octanol–water partition coefficient (Wildman–Crippen LogP) is 3.89. The number of hydrogen-bond donors (Lipinski definition) is 1. The van der Waals surface area contributed by atoms with Gasteiger partial charge in [0.25, 0.3) is 0 Å². The molecule has 1 amide bonds. The van der Waals surface area contributed by atoms with E-state index in [4.69, 9.17) is 12.2 Å². The molecule has 3 aromatic rings. The van der Waals surface area contributed by atoms with Crippen LogP contribution in [0.4, 0.5) is 0 Å².